The summed E-state index contributed by atoms with van der Waals surface area (Å²) in [5, 5.41) is 6.78. The molecule has 140 valence electrons. The minimum atomic E-state index is 0.149. The number of guanidine groups is 1. The van der Waals surface area contributed by atoms with Crippen molar-refractivity contribution in [2.75, 3.05) is 26.2 Å². The Bertz CT molecular complexity index is 654. The normalized spacial score (nSPS) is 20.7. The number of aliphatic imine (C=N–C) groups is 1. The average Bonchev–Trinajstić information content (AvgIpc) is 3.20. The first-order chi connectivity index (χ1) is 12.9. The van der Waals surface area contributed by atoms with E-state index in [0.29, 0.717) is 5.92 Å². The Morgan fingerprint density at radius 2 is 1.96 bits per heavy atom. The summed E-state index contributed by atoms with van der Waals surface area (Å²) in [6, 6.07) is 14.6. The molecule has 2 N–H and O–H groups in total. The minimum Gasteiger partial charge on any atom is -0.373 e. The predicted octanol–water partition coefficient (Wildman–Crippen LogP) is 3.21. The van der Waals surface area contributed by atoms with Gasteiger partial charge in [-0.05, 0) is 37.5 Å². The van der Waals surface area contributed by atoms with Crippen LogP contribution in [0.25, 0.3) is 0 Å². The van der Waals surface area contributed by atoms with E-state index in [9.17, 15) is 0 Å². The molecule has 5 nitrogen and oxygen atoms in total. The first-order valence-electron chi connectivity index (χ1n) is 9.66. The molecular formula is C21H30N4O. The topological polar surface area (TPSA) is 50.6 Å². The van der Waals surface area contributed by atoms with Gasteiger partial charge in [-0.2, -0.15) is 0 Å². The van der Waals surface area contributed by atoms with Crippen LogP contribution in [0.3, 0.4) is 0 Å². The fourth-order valence-electron chi connectivity index (χ4n) is 3.41. The molecule has 2 aromatic rings. The number of ether oxygens (including phenoxy) is 1. The van der Waals surface area contributed by atoms with Gasteiger partial charge in [0.05, 0.1) is 6.10 Å². The summed E-state index contributed by atoms with van der Waals surface area (Å²) < 4.78 is 8.25. The number of hydrogen-bond acceptors (Lipinski definition) is 2. The van der Waals surface area contributed by atoms with Crippen molar-refractivity contribution < 1.29 is 4.74 Å². The van der Waals surface area contributed by atoms with Gasteiger partial charge in [0.2, 0.25) is 0 Å². The molecule has 1 aliphatic heterocycles. The van der Waals surface area contributed by atoms with Crippen LogP contribution < -0.4 is 10.6 Å². The molecule has 1 aliphatic rings. The van der Waals surface area contributed by atoms with Gasteiger partial charge in [0, 0.05) is 51.1 Å². The highest BCUT2D eigenvalue weighted by atomic mass is 16.5. The second-order valence-electron chi connectivity index (χ2n) is 6.67. The second-order valence-corrected chi connectivity index (χ2v) is 6.67. The van der Waals surface area contributed by atoms with Crippen LogP contribution >= 0.6 is 0 Å². The molecule has 0 radical (unpaired) electrons. The van der Waals surface area contributed by atoms with Gasteiger partial charge < -0.3 is 19.9 Å². The van der Waals surface area contributed by atoms with Crippen molar-refractivity contribution in [3.63, 3.8) is 0 Å². The molecule has 0 spiro atoms. The Hall–Kier alpha value is -2.27. The van der Waals surface area contributed by atoms with E-state index in [2.05, 4.69) is 64.8 Å². The van der Waals surface area contributed by atoms with Crippen LogP contribution in [0.1, 0.15) is 31.4 Å². The molecule has 0 bridgehead atoms. The van der Waals surface area contributed by atoms with Crippen LogP contribution in [0.4, 0.5) is 0 Å². The van der Waals surface area contributed by atoms with E-state index < -0.39 is 0 Å². The predicted molar refractivity (Wildman–Crippen MR) is 106 cm³/mol. The van der Waals surface area contributed by atoms with Crippen LogP contribution in [0.2, 0.25) is 0 Å². The summed E-state index contributed by atoms with van der Waals surface area (Å²) in [5.74, 6) is 1.31. The lowest BCUT2D eigenvalue weighted by molar-refractivity contribution is -0.0250. The van der Waals surface area contributed by atoms with Crippen molar-refractivity contribution in [2.24, 2.45) is 10.9 Å². The van der Waals surface area contributed by atoms with Crippen LogP contribution in [0.5, 0.6) is 0 Å². The number of rotatable bonds is 7. The molecule has 26 heavy (non-hydrogen) atoms. The van der Waals surface area contributed by atoms with E-state index in [4.69, 9.17) is 9.73 Å². The summed E-state index contributed by atoms with van der Waals surface area (Å²) in [7, 11) is 0. The molecule has 0 saturated carbocycles. The number of aromatic nitrogens is 1. The third-order valence-corrected chi connectivity index (χ3v) is 4.73. The van der Waals surface area contributed by atoms with Gasteiger partial charge in [-0.1, -0.05) is 30.3 Å². The van der Waals surface area contributed by atoms with Crippen molar-refractivity contribution in [3.8, 4) is 0 Å². The average molecular weight is 354 g/mol. The molecule has 1 fully saturated rings. The summed E-state index contributed by atoms with van der Waals surface area (Å²) in [4.78, 5) is 4.84. The SMILES string of the molecule is CCNC(=NCC1CCCOC1c1ccccc1)NCCn1cccc1. The zero-order chi connectivity index (χ0) is 18.0. The Kier molecular flexibility index (Phi) is 7.14. The smallest absolute Gasteiger partial charge is 0.191 e. The monoisotopic (exact) mass is 354 g/mol. The molecule has 1 saturated heterocycles. The molecule has 0 amide bonds. The van der Waals surface area contributed by atoms with Crippen molar-refractivity contribution >= 4 is 5.96 Å². The van der Waals surface area contributed by atoms with Crippen LogP contribution in [-0.4, -0.2) is 36.8 Å². The Morgan fingerprint density at radius 1 is 1.15 bits per heavy atom. The van der Waals surface area contributed by atoms with Crippen LogP contribution in [-0.2, 0) is 11.3 Å². The number of nitrogens with zero attached hydrogens (tertiary/aromatic N) is 2. The van der Waals surface area contributed by atoms with Crippen molar-refractivity contribution in [1.82, 2.24) is 15.2 Å². The van der Waals surface area contributed by atoms with Gasteiger partial charge in [0.15, 0.2) is 5.96 Å². The lowest BCUT2D eigenvalue weighted by Crippen LogP contribution is -2.39. The van der Waals surface area contributed by atoms with Crippen molar-refractivity contribution in [2.45, 2.75) is 32.4 Å². The Labute approximate surface area is 156 Å². The zero-order valence-corrected chi connectivity index (χ0v) is 15.6. The standard InChI is InChI=1S/C21H30N4O/c1-2-22-21(23-12-15-25-13-6-7-14-25)24-17-19-11-8-16-26-20(19)18-9-4-3-5-10-18/h3-7,9-10,13-14,19-20H,2,8,11-12,15-17H2,1H3,(H2,22,23,24). The zero-order valence-electron chi connectivity index (χ0n) is 15.6. The largest absolute Gasteiger partial charge is 0.373 e. The number of hydrogen-bond donors (Lipinski definition) is 2. The summed E-state index contributed by atoms with van der Waals surface area (Å²) >= 11 is 0. The summed E-state index contributed by atoms with van der Waals surface area (Å²) in [6.07, 6.45) is 6.58. The van der Waals surface area contributed by atoms with Gasteiger partial charge in [-0.25, -0.2) is 0 Å². The number of benzene rings is 1. The molecule has 2 unspecified atom stereocenters. The highest BCUT2D eigenvalue weighted by Gasteiger charge is 2.27. The highest BCUT2D eigenvalue weighted by molar-refractivity contribution is 5.79. The summed E-state index contributed by atoms with van der Waals surface area (Å²) in [6.45, 7) is 6.35. The quantitative estimate of drug-likeness (QED) is 0.593. The van der Waals surface area contributed by atoms with Crippen LogP contribution in [0, 0.1) is 5.92 Å². The van der Waals surface area contributed by atoms with Gasteiger partial charge in [-0.15, -0.1) is 0 Å². The summed E-state index contributed by atoms with van der Waals surface area (Å²) in [5.41, 5.74) is 1.26. The maximum atomic E-state index is 6.09. The van der Waals surface area contributed by atoms with Gasteiger partial charge in [0.25, 0.3) is 0 Å². The van der Waals surface area contributed by atoms with Crippen molar-refractivity contribution in [3.05, 3.63) is 60.4 Å². The van der Waals surface area contributed by atoms with Gasteiger partial charge in [0.1, 0.15) is 0 Å². The van der Waals surface area contributed by atoms with E-state index in [1.165, 1.54) is 5.56 Å². The lowest BCUT2D eigenvalue weighted by Gasteiger charge is -2.31. The first kappa shape index (κ1) is 18.5. The maximum absolute atomic E-state index is 6.09. The fourth-order valence-corrected chi connectivity index (χ4v) is 3.41. The lowest BCUT2D eigenvalue weighted by atomic mass is 9.89. The van der Waals surface area contributed by atoms with Gasteiger partial charge in [-0.3, -0.25) is 4.99 Å². The van der Waals surface area contributed by atoms with E-state index in [0.717, 1.165) is 51.6 Å². The molecule has 2 atom stereocenters. The Balaban J connectivity index is 1.57. The third kappa shape index (κ3) is 5.36. The van der Waals surface area contributed by atoms with E-state index in [1.54, 1.807) is 0 Å². The molecule has 1 aromatic heterocycles. The molecule has 2 heterocycles. The highest BCUT2D eigenvalue weighted by Crippen LogP contribution is 2.33. The van der Waals surface area contributed by atoms with E-state index >= 15 is 0 Å². The molecule has 0 aliphatic carbocycles. The van der Waals surface area contributed by atoms with Gasteiger partial charge >= 0.3 is 0 Å². The minimum absolute atomic E-state index is 0.149. The van der Waals surface area contributed by atoms with Crippen LogP contribution in [0.15, 0.2) is 59.9 Å². The second kappa shape index (κ2) is 10.0. The van der Waals surface area contributed by atoms with E-state index in [1.807, 2.05) is 12.1 Å². The molecular weight excluding hydrogens is 324 g/mol. The fraction of sp³-hybridized carbons (Fsp3) is 0.476. The third-order valence-electron chi connectivity index (χ3n) is 4.73. The molecule has 5 heteroatoms. The molecule has 3 rings (SSSR count). The van der Waals surface area contributed by atoms with Crippen molar-refractivity contribution in [1.29, 1.82) is 0 Å². The number of nitrogens with one attached hydrogen (secondary N) is 2. The first-order valence-corrected chi connectivity index (χ1v) is 9.66. The van der Waals surface area contributed by atoms with E-state index in [-0.39, 0.29) is 6.10 Å². The molecule has 1 aromatic carbocycles. The maximum Gasteiger partial charge on any atom is 0.191 e. The Morgan fingerprint density at radius 3 is 2.73 bits per heavy atom.